The molecule has 5 nitrogen and oxygen atoms in total. The SMILES string of the molecule is C=C(C)/C=C(Cl)\C=C(/CNC1Nc2cccc(N(c3ccc(Cl)cc3)C(C)C)c2N1C)OC. The van der Waals surface area contributed by atoms with Crippen LogP contribution in [0.5, 0.6) is 0 Å². The molecule has 1 aliphatic rings. The summed E-state index contributed by atoms with van der Waals surface area (Å²) in [5.74, 6) is 0.730. The number of benzene rings is 2. The molecule has 0 aliphatic carbocycles. The van der Waals surface area contributed by atoms with Crippen molar-refractivity contribution in [2.45, 2.75) is 33.1 Å². The second-order valence-electron chi connectivity index (χ2n) is 8.34. The van der Waals surface area contributed by atoms with Crippen molar-refractivity contribution in [3.8, 4) is 0 Å². The van der Waals surface area contributed by atoms with Crippen LogP contribution in [0.1, 0.15) is 20.8 Å². The number of methoxy groups -OCH3 is 1. The van der Waals surface area contributed by atoms with Crippen LogP contribution in [0.3, 0.4) is 0 Å². The smallest absolute Gasteiger partial charge is 0.155 e. The third-order valence-electron chi connectivity index (χ3n) is 5.34. The van der Waals surface area contributed by atoms with E-state index in [4.69, 9.17) is 27.9 Å². The molecule has 2 N–H and O–H groups in total. The maximum absolute atomic E-state index is 6.28. The zero-order chi connectivity index (χ0) is 24.1. The molecule has 3 rings (SSSR count). The fraction of sp³-hybridized carbons (Fsp3) is 0.308. The first-order valence-electron chi connectivity index (χ1n) is 10.9. The van der Waals surface area contributed by atoms with Gasteiger partial charge in [-0.15, -0.1) is 0 Å². The van der Waals surface area contributed by atoms with Gasteiger partial charge in [0.1, 0.15) is 5.76 Å². The Morgan fingerprint density at radius 3 is 2.55 bits per heavy atom. The van der Waals surface area contributed by atoms with E-state index in [9.17, 15) is 0 Å². The van der Waals surface area contributed by atoms with Crippen molar-refractivity contribution in [2.75, 3.05) is 35.8 Å². The summed E-state index contributed by atoms with van der Waals surface area (Å²) >= 11 is 12.4. The van der Waals surface area contributed by atoms with Gasteiger partial charge in [0.05, 0.1) is 30.7 Å². The van der Waals surface area contributed by atoms with E-state index in [1.54, 1.807) is 19.3 Å². The Kier molecular flexibility index (Phi) is 8.35. The quantitative estimate of drug-likeness (QED) is 0.299. The van der Waals surface area contributed by atoms with Gasteiger partial charge in [0.2, 0.25) is 0 Å². The first-order valence-corrected chi connectivity index (χ1v) is 11.6. The summed E-state index contributed by atoms with van der Waals surface area (Å²) in [4.78, 5) is 4.52. The molecule has 1 aliphatic heterocycles. The molecular formula is C26H32Cl2N4O. The van der Waals surface area contributed by atoms with E-state index in [0.29, 0.717) is 11.6 Å². The summed E-state index contributed by atoms with van der Waals surface area (Å²) < 4.78 is 5.51. The van der Waals surface area contributed by atoms with Gasteiger partial charge >= 0.3 is 0 Å². The molecule has 0 bridgehead atoms. The number of rotatable bonds is 9. The third kappa shape index (κ3) is 6.05. The molecule has 33 heavy (non-hydrogen) atoms. The highest BCUT2D eigenvalue weighted by Crippen LogP contribution is 2.44. The standard InChI is InChI=1S/C26H32Cl2N4O/c1-17(2)14-20(28)15-22(33-6)16-29-26-30-23-8-7-9-24(25(23)31(26)5)32(18(3)4)21-12-10-19(27)11-13-21/h7-15,18,26,29-30H,1,16H2,2-6H3/b20-14+,22-15+. The van der Waals surface area contributed by atoms with Crippen LogP contribution in [0.25, 0.3) is 0 Å². The van der Waals surface area contributed by atoms with Gasteiger partial charge in [0.25, 0.3) is 0 Å². The van der Waals surface area contributed by atoms with E-state index in [1.807, 2.05) is 19.1 Å². The monoisotopic (exact) mass is 486 g/mol. The average Bonchev–Trinajstić information content (AvgIpc) is 3.08. The molecule has 1 atom stereocenters. The number of anilines is 4. The van der Waals surface area contributed by atoms with Crippen molar-refractivity contribution in [1.82, 2.24) is 5.32 Å². The van der Waals surface area contributed by atoms with Crippen molar-refractivity contribution in [2.24, 2.45) is 0 Å². The zero-order valence-corrected chi connectivity index (χ0v) is 21.3. The lowest BCUT2D eigenvalue weighted by Crippen LogP contribution is -2.46. The Balaban J connectivity index is 1.84. The van der Waals surface area contributed by atoms with Crippen LogP contribution in [0, 0.1) is 0 Å². The van der Waals surface area contributed by atoms with Gasteiger partial charge < -0.3 is 19.9 Å². The Labute approximate surface area is 207 Å². The van der Waals surface area contributed by atoms with E-state index in [0.717, 1.165) is 39.1 Å². The van der Waals surface area contributed by atoms with Crippen LogP contribution in [-0.2, 0) is 4.74 Å². The Morgan fingerprint density at radius 2 is 1.94 bits per heavy atom. The molecule has 7 heteroatoms. The van der Waals surface area contributed by atoms with Gasteiger partial charge in [0.15, 0.2) is 6.29 Å². The highest BCUT2D eigenvalue weighted by Gasteiger charge is 2.30. The Bertz CT molecular complexity index is 1050. The number of ether oxygens (including phenoxy) is 1. The zero-order valence-electron chi connectivity index (χ0n) is 19.8. The van der Waals surface area contributed by atoms with Gasteiger partial charge in [-0.05, 0) is 69.3 Å². The maximum atomic E-state index is 6.28. The molecule has 2 aromatic rings. The second-order valence-corrected chi connectivity index (χ2v) is 9.22. The number of para-hydroxylation sites is 1. The average molecular weight is 487 g/mol. The highest BCUT2D eigenvalue weighted by molar-refractivity contribution is 6.31. The third-order valence-corrected chi connectivity index (χ3v) is 5.81. The van der Waals surface area contributed by atoms with Crippen LogP contribution in [0.4, 0.5) is 22.7 Å². The summed E-state index contributed by atoms with van der Waals surface area (Å²) in [6.45, 7) is 10.6. The van der Waals surface area contributed by atoms with Crippen LogP contribution in [0.15, 0.2) is 77.6 Å². The normalized spacial score (nSPS) is 16.0. The van der Waals surface area contributed by atoms with Crippen molar-refractivity contribution in [3.63, 3.8) is 0 Å². The van der Waals surface area contributed by atoms with E-state index in [-0.39, 0.29) is 12.3 Å². The lowest BCUT2D eigenvalue weighted by Gasteiger charge is -2.33. The van der Waals surface area contributed by atoms with Crippen LogP contribution in [0.2, 0.25) is 5.02 Å². The van der Waals surface area contributed by atoms with Gasteiger partial charge in [-0.1, -0.05) is 41.4 Å². The van der Waals surface area contributed by atoms with Crippen molar-refractivity contribution in [1.29, 1.82) is 0 Å². The molecule has 0 amide bonds. The van der Waals surface area contributed by atoms with Crippen LogP contribution < -0.4 is 20.4 Å². The molecule has 0 radical (unpaired) electrons. The summed E-state index contributed by atoms with van der Waals surface area (Å²) in [6.07, 6.45) is 3.50. The minimum absolute atomic E-state index is 0.108. The molecule has 0 saturated carbocycles. The number of nitrogens with one attached hydrogen (secondary N) is 2. The molecule has 1 heterocycles. The molecule has 1 unspecified atom stereocenters. The molecule has 2 aromatic carbocycles. The summed E-state index contributed by atoms with van der Waals surface area (Å²) in [5.41, 5.74) is 5.29. The number of hydrogen-bond acceptors (Lipinski definition) is 5. The molecule has 0 saturated heterocycles. The fourth-order valence-corrected chi connectivity index (χ4v) is 4.34. The lowest BCUT2D eigenvalue weighted by molar-refractivity contribution is 0.276. The van der Waals surface area contributed by atoms with Crippen molar-refractivity contribution < 1.29 is 4.74 Å². The minimum atomic E-state index is -0.108. The van der Waals surface area contributed by atoms with E-state index in [1.165, 1.54) is 0 Å². The van der Waals surface area contributed by atoms with E-state index in [2.05, 4.69) is 78.2 Å². The molecule has 0 spiro atoms. The van der Waals surface area contributed by atoms with Crippen LogP contribution >= 0.6 is 23.2 Å². The fourth-order valence-electron chi connectivity index (χ4n) is 3.90. The molecule has 0 aromatic heterocycles. The summed E-state index contributed by atoms with van der Waals surface area (Å²) in [6, 6.07) is 14.5. The summed E-state index contributed by atoms with van der Waals surface area (Å²) in [5, 5.41) is 8.38. The number of halogens is 2. The van der Waals surface area contributed by atoms with Gasteiger partial charge in [-0.2, -0.15) is 0 Å². The second kappa shape index (κ2) is 11.0. The predicted octanol–water partition coefficient (Wildman–Crippen LogP) is 6.85. The molecule has 176 valence electrons. The maximum Gasteiger partial charge on any atom is 0.155 e. The van der Waals surface area contributed by atoms with E-state index < -0.39 is 0 Å². The van der Waals surface area contributed by atoms with E-state index >= 15 is 0 Å². The van der Waals surface area contributed by atoms with Gasteiger partial charge in [-0.25, -0.2) is 0 Å². The van der Waals surface area contributed by atoms with Crippen molar-refractivity contribution in [3.05, 3.63) is 82.6 Å². The number of hydrogen-bond donors (Lipinski definition) is 2. The number of fused-ring (bicyclic) bond motifs is 1. The van der Waals surface area contributed by atoms with Crippen LogP contribution in [-0.4, -0.2) is 33.0 Å². The van der Waals surface area contributed by atoms with Crippen molar-refractivity contribution >= 4 is 46.0 Å². The molecular weight excluding hydrogens is 455 g/mol. The molecule has 0 fully saturated rings. The number of nitrogens with zero attached hydrogens (tertiary/aromatic N) is 2. The minimum Gasteiger partial charge on any atom is -0.500 e. The largest absolute Gasteiger partial charge is 0.500 e. The topological polar surface area (TPSA) is 39.8 Å². The lowest BCUT2D eigenvalue weighted by atomic mass is 10.1. The predicted molar refractivity (Wildman–Crippen MR) is 143 cm³/mol. The first-order chi connectivity index (χ1) is 15.7. The first kappa shape index (κ1) is 25.0. The number of allylic oxidation sites excluding steroid dienone is 4. The van der Waals surface area contributed by atoms with Gasteiger partial charge in [0, 0.05) is 28.8 Å². The highest BCUT2D eigenvalue weighted by atomic mass is 35.5. The summed E-state index contributed by atoms with van der Waals surface area (Å²) in [7, 11) is 3.72. The van der Waals surface area contributed by atoms with Gasteiger partial charge in [-0.3, -0.25) is 5.32 Å². The Morgan fingerprint density at radius 1 is 1.24 bits per heavy atom. The Hall–Kier alpha value is -2.60.